The van der Waals surface area contributed by atoms with E-state index in [-0.39, 0.29) is 41.1 Å². The van der Waals surface area contributed by atoms with Crippen LogP contribution in [0.2, 0.25) is 0 Å². The number of hydrogen-bond donors (Lipinski definition) is 0. The van der Waals surface area contributed by atoms with Crippen molar-refractivity contribution in [2.45, 2.75) is 86.5 Å². The molecule has 4 aliphatic carbocycles. The second-order valence-electron chi connectivity index (χ2n) is 14.2. The molecule has 2 aromatic carbocycles. The van der Waals surface area contributed by atoms with Crippen molar-refractivity contribution in [3.05, 3.63) is 88.0 Å². The minimum absolute atomic E-state index is 0. The minimum atomic E-state index is -2.18. The molecule has 3 heteroatoms. The summed E-state index contributed by atoms with van der Waals surface area (Å²) in [6, 6.07) is 10.1. The van der Waals surface area contributed by atoms with Gasteiger partial charge in [-0.1, -0.05) is 0 Å². The van der Waals surface area contributed by atoms with Crippen molar-refractivity contribution in [1.29, 1.82) is 0 Å². The van der Waals surface area contributed by atoms with Gasteiger partial charge in [-0.25, -0.2) is 0 Å². The van der Waals surface area contributed by atoms with Crippen LogP contribution in [0.5, 0.6) is 0 Å². The van der Waals surface area contributed by atoms with E-state index in [1.165, 1.54) is 44.5 Å². The van der Waals surface area contributed by atoms with Gasteiger partial charge in [0, 0.05) is 0 Å². The summed E-state index contributed by atoms with van der Waals surface area (Å²) in [6.07, 6.45) is 13.6. The Kier molecular flexibility index (Phi) is 7.81. The van der Waals surface area contributed by atoms with E-state index in [1.807, 2.05) is 0 Å². The van der Waals surface area contributed by atoms with Gasteiger partial charge in [-0.3, -0.25) is 0 Å². The Morgan fingerprint density at radius 3 is 2.00 bits per heavy atom. The van der Waals surface area contributed by atoms with Crippen LogP contribution in [-0.2, 0) is 38.5 Å². The number of rotatable bonds is 2. The summed E-state index contributed by atoms with van der Waals surface area (Å²) >= 11 is -2.18. The Labute approximate surface area is 256 Å². The average molecular weight is 637 g/mol. The first-order valence-corrected chi connectivity index (χ1v) is 17.8. The minimum Gasteiger partial charge on any atom is -1.00 e. The molecule has 204 valence electrons. The van der Waals surface area contributed by atoms with E-state index in [1.54, 1.807) is 15.3 Å². The predicted molar refractivity (Wildman–Crippen MR) is 159 cm³/mol. The van der Waals surface area contributed by atoms with Crippen LogP contribution < -0.4 is 24.8 Å². The van der Waals surface area contributed by atoms with Crippen molar-refractivity contribution in [3.8, 4) is 11.1 Å². The molecule has 0 fully saturated rings. The molecule has 39 heavy (non-hydrogen) atoms. The molecule has 0 aliphatic heterocycles. The molecule has 0 saturated carbocycles. The van der Waals surface area contributed by atoms with Crippen LogP contribution in [0.25, 0.3) is 23.3 Å². The first-order valence-electron chi connectivity index (χ1n) is 14.1. The van der Waals surface area contributed by atoms with E-state index < -0.39 is 21.3 Å². The summed E-state index contributed by atoms with van der Waals surface area (Å²) in [4.78, 5) is 0. The zero-order valence-electron chi connectivity index (χ0n) is 25.2. The third kappa shape index (κ3) is 4.74. The van der Waals surface area contributed by atoms with Crippen LogP contribution in [0.1, 0.15) is 103 Å². The van der Waals surface area contributed by atoms with Crippen LogP contribution in [0.3, 0.4) is 0 Å². The van der Waals surface area contributed by atoms with Gasteiger partial charge in [0.2, 0.25) is 0 Å². The second-order valence-corrected chi connectivity index (χ2v) is 21.3. The van der Waals surface area contributed by atoms with Gasteiger partial charge in [-0.2, -0.15) is 0 Å². The van der Waals surface area contributed by atoms with E-state index in [0.717, 1.165) is 6.42 Å². The first kappa shape index (κ1) is 30.7. The number of hydrogen-bond acceptors (Lipinski definition) is 0. The van der Waals surface area contributed by atoms with E-state index in [0.29, 0.717) is 5.92 Å². The van der Waals surface area contributed by atoms with E-state index >= 15 is 0 Å². The molecule has 0 bridgehead atoms. The van der Waals surface area contributed by atoms with Crippen molar-refractivity contribution in [2.24, 2.45) is 11.3 Å². The van der Waals surface area contributed by atoms with Crippen molar-refractivity contribution in [2.75, 3.05) is 0 Å². The Morgan fingerprint density at radius 1 is 0.846 bits per heavy atom. The molecule has 0 saturated heterocycles. The van der Waals surface area contributed by atoms with Crippen molar-refractivity contribution in [3.63, 3.8) is 0 Å². The Hall–Kier alpha value is -1.27. The quantitative estimate of drug-likeness (QED) is 0.404. The van der Waals surface area contributed by atoms with Gasteiger partial charge in [0.05, 0.1) is 0 Å². The smallest absolute Gasteiger partial charge is 1.00 e. The maximum atomic E-state index is 2.63. The third-order valence-electron chi connectivity index (χ3n) is 9.40. The average Bonchev–Trinajstić information content (AvgIpc) is 3.49. The van der Waals surface area contributed by atoms with Crippen LogP contribution >= 0.6 is 0 Å². The molecule has 0 amide bonds. The van der Waals surface area contributed by atoms with Crippen LogP contribution in [0, 0.1) is 11.3 Å². The molecule has 0 spiro atoms. The van der Waals surface area contributed by atoms with Crippen LogP contribution in [0.4, 0.5) is 0 Å². The van der Waals surface area contributed by atoms with Gasteiger partial charge in [0.15, 0.2) is 0 Å². The zero-order chi connectivity index (χ0) is 26.7. The normalized spacial score (nSPS) is 20.3. The molecule has 2 aromatic rings. The molecule has 6 rings (SSSR count). The molecule has 0 nitrogen and oxygen atoms in total. The molecule has 0 radical (unpaired) electrons. The molecular formula is C36H42Cl2Zr. The van der Waals surface area contributed by atoms with Gasteiger partial charge in [0.1, 0.15) is 0 Å². The van der Waals surface area contributed by atoms with Gasteiger partial charge >= 0.3 is 234 Å². The van der Waals surface area contributed by atoms with E-state index in [2.05, 4.69) is 124 Å². The van der Waals surface area contributed by atoms with Crippen LogP contribution in [-0.4, -0.2) is 3.21 Å². The standard InChI is InChI=1S/C23H21.C10H15.C3H6.2ClH.Zr/c1-22(2)7-5-14-10-18-16(12-20(14)22)9-17-13-21-15(11-19(17)18)6-8-23(21,3)4;1-8-5-6-9(7-8)10(2,3)4;1-3-2;;;/h5-7,10-13H,9H2,1-4H3;6-8H,1-4H3;1-2H3;2*1H;/q;;;;;+2/p-2. The number of fused-ring (bicyclic) bond motifs is 5. The number of halogens is 2. The molecule has 0 N–H and O–H groups in total. The third-order valence-corrected chi connectivity index (χ3v) is 18.0. The Bertz CT molecular complexity index is 1540. The predicted octanol–water partition coefficient (Wildman–Crippen LogP) is 3.54. The first-order chi connectivity index (χ1) is 17.2. The van der Waals surface area contributed by atoms with Crippen molar-refractivity contribution < 1.29 is 46.1 Å². The van der Waals surface area contributed by atoms with Crippen LogP contribution in [0.15, 0.2) is 54.6 Å². The SMILES string of the molecule is C[C](C)=[Zr+2]([C]1=CC(C(C)(C)C)=CC1C)[C]1=Cc2cc3c(cc2C1(C)C)Cc1cc2c(cc1-3)C=CC2(C)C.[Cl-].[Cl-]. The molecular weight excluding hydrogens is 595 g/mol. The van der Waals surface area contributed by atoms with Crippen molar-refractivity contribution in [1.82, 2.24) is 0 Å². The fourth-order valence-corrected chi connectivity index (χ4v) is 15.3. The summed E-state index contributed by atoms with van der Waals surface area (Å²) in [5, 5.41) is 0. The summed E-state index contributed by atoms with van der Waals surface area (Å²) in [7, 11) is 0. The Balaban J connectivity index is 0.00000176. The van der Waals surface area contributed by atoms with E-state index in [9.17, 15) is 0 Å². The molecule has 0 aromatic heterocycles. The van der Waals surface area contributed by atoms with Gasteiger partial charge in [-0.05, 0) is 0 Å². The zero-order valence-corrected chi connectivity index (χ0v) is 29.2. The monoisotopic (exact) mass is 634 g/mol. The maximum Gasteiger partial charge on any atom is -1.00 e. The van der Waals surface area contributed by atoms with Crippen molar-refractivity contribution >= 4 is 15.4 Å². The maximum absolute atomic E-state index is 2.63. The van der Waals surface area contributed by atoms with Gasteiger partial charge < -0.3 is 24.8 Å². The topological polar surface area (TPSA) is 0 Å². The molecule has 4 aliphatic rings. The molecule has 1 unspecified atom stereocenters. The molecule has 1 atom stereocenters. The molecule has 0 heterocycles. The summed E-state index contributed by atoms with van der Waals surface area (Å²) in [5.41, 5.74) is 13.9. The largest absolute Gasteiger partial charge is 1.00 e. The fourth-order valence-electron chi connectivity index (χ4n) is 7.12. The Morgan fingerprint density at radius 2 is 1.44 bits per heavy atom. The fraction of sp³-hybridized carbons (Fsp3) is 0.417. The second kappa shape index (κ2) is 9.93. The summed E-state index contributed by atoms with van der Waals surface area (Å²) in [6.45, 7) is 24.0. The van der Waals surface area contributed by atoms with Gasteiger partial charge in [0.25, 0.3) is 0 Å². The number of allylic oxidation sites excluding steroid dienone is 6. The van der Waals surface area contributed by atoms with Gasteiger partial charge in [-0.15, -0.1) is 0 Å². The number of benzene rings is 2. The summed E-state index contributed by atoms with van der Waals surface area (Å²) < 4.78 is 5.22. The summed E-state index contributed by atoms with van der Waals surface area (Å²) in [5.74, 6) is 0.565. The van der Waals surface area contributed by atoms with E-state index in [4.69, 9.17) is 0 Å².